The second-order valence-corrected chi connectivity index (χ2v) is 8.96. The fourth-order valence-corrected chi connectivity index (χ4v) is 4.29. The van der Waals surface area contributed by atoms with Crippen molar-refractivity contribution in [1.82, 2.24) is 19.9 Å². The molecule has 3 heterocycles. The van der Waals surface area contributed by atoms with Crippen molar-refractivity contribution in [3.05, 3.63) is 100 Å². The number of pyridine rings is 1. The van der Waals surface area contributed by atoms with E-state index < -0.39 is 0 Å². The molecule has 0 spiro atoms. The highest BCUT2D eigenvalue weighted by atomic mass is 19.1. The molecular formula is C29H26FN5O. The first kappa shape index (κ1) is 23.5. The molecule has 0 saturated heterocycles. The molecular weight excluding hydrogens is 453 g/mol. The van der Waals surface area contributed by atoms with Crippen molar-refractivity contribution in [2.24, 2.45) is 0 Å². The van der Waals surface area contributed by atoms with Crippen molar-refractivity contribution in [1.29, 1.82) is 0 Å². The van der Waals surface area contributed by atoms with E-state index in [4.69, 9.17) is 10.5 Å². The van der Waals surface area contributed by atoms with E-state index in [1.165, 1.54) is 28.8 Å². The molecule has 6 nitrogen and oxygen atoms in total. The zero-order chi connectivity index (χ0) is 25.1. The van der Waals surface area contributed by atoms with Gasteiger partial charge in [0, 0.05) is 30.4 Å². The summed E-state index contributed by atoms with van der Waals surface area (Å²) < 4.78 is 19.0. The molecule has 0 radical (unpaired) electrons. The number of aryl methyl sites for hydroxylation is 1. The third-order valence-corrected chi connectivity index (χ3v) is 6.19. The molecule has 1 aliphatic heterocycles. The van der Waals surface area contributed by atoms with Gasteiger partial charge in [-0.25, -0.2) is 19.3 Å². The van der Waals surface area contributed by atoms with Gasteiger partial charge in [0.2, 0.25) is 0 Å². The smallest absolute Gasteiger partial charge is 0.258 e. The first-order valence-electron chi connectivity index (χ1n) is 11.7. The second-order valence-electron chi connectivity index (χ2n) is 8.96. The van der Waals surface area contributed by atoms with E-state index in [-0.39, 0.29) is 24.1 Å². The molecule has 0 fully saturated rings. The molecule has 2 N–H and O–H groups in total. The Hall–Kier alpha value is -4.28. The normalized spacial score (nSPS) is 13.0. The molecule has 4 aromatic rings. The Morgan fingerprint density at radius 3 is 2.75 bits per heavy atom. The zero-order valence-corrected chi connectivity index (χ0v) is 20.3. The first-order chi connectivity index (χ1) is 17.4. The molecule has 0 unspecified atom stereocenters. The van der Waals surface area contributed by atoms with Crippen molar-refractivity contribution in [2.75, 3.05) is 19.3 Å². The highest BCUT2D eigenvalue weighted by Gasteiger charge is 2.17. The summed E-state index contributed by atoms with van der Waals surface area (Å²) in [6.45, 7) is 4.38. The first-order valence-corrected chi connectivity index (χ1v) is 11.7. The number of fused-ring (bicyclic) bond motifs is 1. The molecule has 2 aromatic heterocycles. The summed E-state index contributed by atoms with van der Waals surface area (Å²) in [6, 6.07) is 14.1. The number of hydrogen-bond acceptors (Lipinski definition) is 6. The lowest BCUT2D eigenvalue weighted by molar-refractivity contribution is 0.295. The van der Waals surface area contributed by atoms with E-state index >= 15 is 0 Å². The molecule has 0 amide bonds. The van der Waals surface area contributed by atoms with E-state index in [9.17, 15) is 4.39 Å². The highest BCUT2D eigenvalue weighted by molar-refractivity contribution is 5.64. The number of hydrogen-bond donors (Lipinski definition) is 1. The van der Waals surface area contributed by atoms with E-state index in [0.29, 0.717) is 11.3 Å². The van der Waals surface area contributed by atoms with E-state index in [0.717, 1.165) is 36.3 Å². The van der Waals surface area contributed by atoms with Gasteiger partial charge in [-0.3, -0.25) is 0 Å². The summed E-state index contributed by atoms with van der Waals surface area (Å²) in [6.07, 6.45) is 4.42. The fourth-order valence-electron chi connectivity index (χ4n) is 4.29. The molecule has 0 bridgehead atoms. The molecule has 0 aliphatic carbocycles. The van der Waals surface area contributed by atoms with Gasteiger partial charge in [-0.1, -0.05) is 5.92 Å². The Labute approximate surface area is 210 Å². The molecule has 180 valence electrons. The quantitative estimate of drug-likeness (QED) is 0.433. The summed E-state index contributed by atoms with van der Waals surface area (Å²) in [5, 5.41) is 0. The van der Waals surface area contributed by atoms with Crippen LogP contribution < -0.4 is 10.5 Å². The number of nitrogen functional groups attached to an aromatic ring is 1. The van der Waals surface area contributed by atoms with Crippen LogP contribution in [0.2, 0.25) is 0 Å². The Morgan fingerprint density at radius 2 is 1.92 bits per heavy atom. The molecule has 5 rings (SSSR count). The average molecular weight is 480 g/mol. The molecule has 0 atom stereocenters. The maximum absolute atomic E-state index is 13.1. The third-order valence-electron chi connectivity index (χ3n) is 6.19. The van der Waals surface area contributed by atoms with Gasteiger partial charge in [0.1, 0.15) is 18.1 Å². The van der Waals surface area contributed by atoms with Crippen LogP contribution in [0.4, 0.5) is 10.2 Å². The predicted octanol–water partition coefficient (Wildman–Crippen LogP) is 4.54. The van der Waals surface area contributed by atoms with Gasteiger partial charge < -0.3 is 15.4 Å². The summed E-state index contributed by atoms with van der Waals surface area (Å²) in [4.78, 5) is 15.6. The highest BCUT2D eigenvalue weighted by Crippen LogP contribution is 2.30. The van der Waals surface area contributed by atoms with Crippen LogP contribution in [0.15, 0.2) is 60.9 Å². The lowest BCUT2D eigenvalue weighted by atomic mass is 9.92. The maximum atomic E-state index is 13.1. The van der Waals surface area contributed by atoms with Crippen LogP contribution in [0.25, 0.3) is 11.3 Å². The van der Waals surface area contributed by atoms with Gasteiger partial charge in [-0.05, 0) is 97.1 Å². The standard InChI is InChI=1S/C29H26FN5O/c1-19-13-22(15-23-17-35(2)12-10-26(19)23)27-16-33-28(31)29(34-27)36-18-21-9-11-32-25(14-21)8-5-20-3-6-24(30)7-4-20/h3-4,6-7,9,11,13-16H,10,12,17-18H2,1-2H3,(H2,31,33). The van der Waals surface area contributed by atoms with Crippen LogP contribution in [0.5, 0.6) is 5.88 Å². The van der Waals surface area contributed by atoms with Crippen LogP contribution >= 0.6 is 0 Å². The number of rotatable bonds is 4. The van der Waals surface area contributed by atoms with Crippen LogP contribution in [0, 0.1) is 24.6 Å². The number of anilines is 1. The summed E-state index contributed by atoms with van der Waals surface area (Å²) in [7, 11) is 2.14. The van der Waals surface area contributed by atoms with Gasteiger partial charge in [0.05, 0.1) is 11.9 Å². The second kappa shape index (κ2) is 10.1. The SMILES string of the molecule is Cc1cc(-c2cnc(N)c(OCc3ccnc(C#Cc4ccc(F)cc4)c3)n2)cc2c1CCN(C)C2. The lowest BCUT2D eigenvalue weighted by Crippen LogP contribution is -2.27. The molecule has 0 saturated carbocycles. The number of ether oxygens (including phenoxy) is 1. The molecule has 1 aliphatic rings. The summed E-state index contributed by atoms with van der Waals surface area (Å²) in [5.74, 6) is 6.22. The number of nitrogens with zero attached hydrogens (tertiary/aromatic N) is 4. The van der Waals surface area contributed by atoms with Crippen LogP contribution in [0.3, 0.4) is 0 Å². The van der Waals surface area contributed by atoms with Crippen molar-refractivity contribution in [3.63, 3.8) is 0 Å². The average Bonchev–Trinajstić information content (AvgIpc) is 2.88. The minimum Gasteiger partial charge on any atom is -0.470 e. The van der Waals surface area contributed by atoms with Crippen molar-refractivity contribution >= 4 is 5.82 Å². The molecule has 2 aromatic carbocycles. The minimum absolute atomic E-state index is 0.235. The predicted molar refractivity (Wildman–Crippen MR) is 138 cm³/mol. The third kappa shape index (κ3) is 5.35. The number of nitrogens with two attached hydrogens (primary N) is 1. The van der Waals surface area contributed by atoms with E-state index in [2.05, 4.69) is 57.8 Å². The Morgan fingerprint density at radius 1 is 1.08 bits per heavy atom. The number of halogens is 1. The number of aromatic nitrogens is 3. The van der Waals surface area contributed by atoms with Gasteiger partial charge in [0.25, 0.3) is 5.88 Å². The maximum Gasteiger partial charge on any atom is 0.258 e. The van der Waals surface area contributed by atoms with E-state index in [1.54, 1.807) is 24.5 Å². The van der Waals surface area contributed by atoms with Crippen LogP contribution in [-0.2, 0) is 19.6 Å². The minimum atomic E-state index is -0.293. The largest absolute Gasteiger partial charge is 0.470 e. The van der Waals surface area contributed by atoms with Gasteiger partial charge in [0.15, 0.2) is 5.82 Å². The Bertz CT molecular complexity index is 1470. The fraction of sp³-hybridized carbons (Fsp3) is 0.207. The van der Waals surface area contributed by atoms with E-state index in [1.807, 2.05) is 12.1 Å². The van der Waals surface area contributed by atoms with Gasteiger partial charge >= 0.3 is 0 Å². The Kier molecular flexibility index (Phi) is 6.61. The van der Waals surface area contributed by atoms with Crippen molar-refractivity contribution in [2.45, 2.75) is 26.5 Å². The zero-order valence-electron chi connectivity index (χ0n) is 20.3. The Balaban J connectivity index is 1.33. The van der Waals surface area contributed by atoms with Crippen molar-refractivity contribution in [3.8, 4) is 29.0 Å². The van der Waals surface area contributed by atoms with Crippen LogP contribution in [-0.4, -0.2) is 33.4 Å². The van der Waals surface area contributed by atoms with Gasteiger partial charge in [-0.15, -0.1) is 0 Å². The lowest BCUT2D eigenvalue weighted by Gasteiger charge is -2.27. The summed E-state index contributed by atoms with van der Waals surface area (Å²) >= 11 is 0. The molecule has 36 heavy (non-hydrogen) atoms. The van der Waals surface area contributed by atoms with Crippen LogP contribution in [0.1, 0.15) is 33.5 Å². The molecule has 7 heteroatoms. The van der Waals surface area contributed by atoms with Gasteiger partial charge in [-0.2, -0.15) is 0 Å². The topological polar surface area (TPSA) is 77.2 Å². The number of benzene rings is 2. The summed E-state index contributed by atoms with van der Waals surface area (Å²) in [5.41, 5.74) is 14.0. The monoisotopic (exact) mass is 479 g/mol. The van der Waals surface area contributed by atoms with Crippen molar-refractivity contribution < 1.29 is 9.13 Å². The number of likely N-dealkylation sites (N-methyl/N-ethyl adjacent to an activating group) is 1.